The summed E-state index contributed by atoms with van der Waals surface area (Å²) >= 11 is 0. The van der Waals surface area contributed by atoms with Crippen LogP contribution in [-0.4, -0.2) is 6.54 Å². The third-order valence-electron chi connectivity index (χ3n) is 1.50. The molecule has 0 aromatic heterocycles. The molecule has 0 aliphatic carbocycles. The van der Waals surface area contributed by atoms with Crippen molar-refractivity contribution in [3.63, 3.8) is 0 Å². The zero-order valence-electron chi connectivity index (χ0n) is 7.09. The molecule has 2 nitrogen and oxygen atoms in total. The third-order valence-corrected chi connectivity index (χ3v) is 1.50. The molecule has 0 saturated carbocycles. The number of nitrogen functional groups attached to an aromatic ring is 1. The fourth-order valence-electron chi connectivity index (χ4n) is 0.886. The minimum atomic E-state index is 0.644. The van der Waals surface area contributed by atoms with E-state index in [1.165, 1.54) is 0 Å². The molecule has 1 rings (SSSR count). The normalized spacial score (nSPS) is 8.42. The maximum atomic E-state index is 5.69. The van der Waals surface area contributed by atoms with Gasteiger partial charge in [-0.25, -0.2) is 0 Å². The van der Waals surface area contributed by atoms with Gasteiger partial charge in [0.15, 0.2) is 0 Å². The van der Waals surface area contributed by atoms with Crippen molar-refractivity contribution in [1.29, 1.82) is 0 Å². The van der Waals surface area contributed by atoms with Crippen LogP contribution >= 0.6 is 0 Å². The van der Waals surface area contributed by atoms with Crippen LogP contribution in [0.25, 0.3) is 0 Å². The van der Waals surface area contributed by atoms with Crippen LogP contribution in [0.5, 0.6) is 0 Å². The van der Waals surface area contributed by atoms with Gasteiger partial charge < -0.3 is 11.1 Å². The minimum absolute atomic E-state index is 0.644. The number of anilines is 2. The van der Waals surface area contributed by atoms with E-state index in [9.17, 15) is 0 Å². The lowest BCUT2D eigenvalue weighted by molar-refractivity contribution is 1.38. The van der Waals surface area contributed by atoms with Crippen LogP contribution in [0.15, 0.2) is 24.3 Å². The number of hydrogen-bond donors (Lipinski definition) is 2. The maximum absolute atomic E-state index is 5.69. The monoisotopic (exact) mass is 160 g/mol. The molecule has 3 N–H and O–H groups in total. The summed E-state index contributed by atoms with van der Waals surface area (Å²) in [6, 6.07) is 7.65. The van der Waals surface area contributed by atoms with Crippen LogP contribution in [-0.2, 0) is 0 Å². The largest absolute Gasteiger partial charge is 0.397 e. The molecule has 0 heterocycles. The van der Waals surface area contributed by atoms with Crippen LogP contribution < -0.4 is 11.1 Å². The second kappa shape index (κ2) is 4.30. The van der Waals surface area contributed by atoms with E-state index >= 15 is 0 Å². The summed E-state index contributed by atoms with van der Waals surface area (Å²) in [4.78, 5) is 0. The molecule has 0 spiro atoms. The van der Waals surface area contributed by atoms with Gasteiger partial charge in [0, 0.05) is 0 Å². The Bertz CT molecular complexity index is 307. The number of hydrogen-bond acceptors (Lipinski definition) is 2. The second-order valence-electron chi connectivity index (χ2n) is 2.37. The van der Waals surface area contributed by atoms with Gasteiger partial charge in [-0.3, -0.25) is 0 Å². The standard InChI is InChI=1S/C10H12N2/c1-2-3-8-12-10-7-5-4-6-9(10)11/h4-7,12H,8,11H2,1H3. The molecule has 0 radical (unpaired) electrons. The summed E-state index contributed by atoms with van der Waals surface area (Å²) in [5.41, 5.74) is 7.40. The molecule has 0 saturated heterocycles. The summed E-state index contributed by atoms with van der Waals surface area (Å²) in [5.74, 6) is 5.71. The molecule has 1 aromatic carbocycles. The molecule has 0 atom stereocenters. The van der Waals surface area contributed by atoms with Crippen LogP contribution in [0.4, 0.5) is 11.4 Å². The molecule has 1 aromatic rings. The zero-order chi connectivity index (χ0) is 8.81. The lowest BCUT2D eigenvalue weighted by Gasteiger charge is -2.04. The Hall–Kier alpha value is -1.62. The van der Waals surface area contributed by atoms with E-state index in [0.717, 1.165) is 11.4 Å². The van der Waals surface area contributed by atoms with Crippen molar-refractivity contribution in [1.82, 2.24) is 0 Å². The highest BCUT2D eigenvalue weighted by molar-refractivity contribution is 5.65. The van der Waals surface area contributed by atoms with Gasteiger partial charge in [0.25, 0.3) is 0 Å². The van der Waals surface area contributed by atoms with E-state index in [-0.39, 0.29) is 0 Å². The smallest absolute Gasteiger partial charge is 0.0766 e. The lowest BCUT2D eigenvalue weighted by Crippen LogP contribution is -2.01. The highest BCUT2D eigenvalue weighted by Gasteiger charge is 1.92. The molecule has 0 aliphatic heterocycles. The van der Waals surface area contributed by atoms with Crippen LogP contribution in [0.2, 0.25) is 0 Å². The first-order valence-electron chi connectivity index (χ1n) is 3.82. The molecule has 0 amide bonds. The Balaban J connectivity index is 2.61. The van der Waals surface area contributed by atoms with Crippen molar-refractivity contribution in [3.8, 4) is 11.8 Å². The van der Waals surface area contributed by atoms with Gasteiger partial charge in [-0.1, -0.05) is 18.1 Å². The van der Waals surface area contributed by atoms with E-state index in [1.54, 1.807) is 0 Å². The summed E-state index contributed by atoms with van der Waals surface area (Å²) in [7, 11) is 0. The second-order valence-corrected chi connectivity index (χ2v) is 2.37. The highest BCUT2D eigenvalue weighted by Crippen LogP contribution is 2.15. The minimum Gasteiger partial charge on any atom is -0.397 e. The van der Waals surface area contributed by atoms with Gasteiger partial charge >= 0.3 is 0 Å². The third kappa shape index (κ3) is 2.21. The first kappa shape index (κ1) is 8.48. The Kier molecular flexibility index (Phi) is 3.04. The molecule has 0 aliphatic rings. The fraction of sp³-hybridized carbons (Fsp3) is 0.200. The van der Waals surface area contributed by atoms with Gasteiger partial charge in [0.05, 0.1) is 17.9 Å². The lowest BCUT2D eigenvalue weighted by atomic mass is 10.3. The van der Waals surface area contributed by atoms with Crippen LogP contribution in [0.3, 0.4) is 0 Å². The average Bonchev–Trinajstić information content (AvgIpc) is 2.09. The number of nitrogens with two attached hydrogens (primary N) is 1. The van der Waals surface area contributed by atoms with E-state index in [1.807, 2.05) is 31.2 Å². The summed E-state index contributed by atoms with van der Waals surface area (Å²) < 4.78 is 0. The quantitative estimate of drug-likeness (QED) is 0.510. The van der Waals surface area contributed by atoms with Crippen molar-refractivity contribution in [3.05, 3.63) is 24.3 Å². The molecule has 0 unspecified atom stereocenters. The zero-order valence-corrected chi connectivity index (χ0v) is 7.09. The molecule has 0 fully saturated rings. The van der Waals surface area contributed by atoms with Crippen molar-refractivity contribution >= 4 is 11.4 Å². The Morgan fingerprint density at radius 2 is 2.17 bits per heavy atom. The van der Waals surface area contributed by atoms with E-state index < -0.39 is 0 Å². The van der Waals surface area contributed by atoms with Gasteiger partial charge in [-0.15, -0.1) is 5.92 Å². The Morgan fingerprint density at radius 1 is 1.42 bits per heavy atom. The predicted octanol–water partition coefficient (Wildman–Crippen LogP) is 1.70. The number of nitrogens with one attached hydrogen (secondary N) is 1. The molecule has 62 valence electrons. The van der Waals surface area contributed by atoms with Gasteiger partial charge in [-0.05, 0) is 19.1 Å². The van der Waals surface area contributed by atoms with Crippen molar-refractivity contribution in [2.24, 2.45) is 0 Å². The average molecular weight is 160 g/mol. The molecular formula is C10H12N2. The van der Waals surface area contributed by atoms with Crippen LogP contribution in [0.1, 0.15) is 6.92 Å². The van der Waals surface area contributed by atoms with Crippen molar-refractivity contribution in [2.75, 3.05) is 17.6 Å². The SMILES string of the molecule is CC#CCNc1ccccc1N. The first-order chi connectivity index (χ1) is 5.84. The summed E-state index contributed by atoms with van der Waals surface area (Å²) in [6.07, 6.45) is 0. The van der Waals surface area contributed by atoms with Crippen molar-refractivity contribution < 1.29 is 0 Å². The fourth-order valence-corrected chi connectivity index (χ4v) is 0.886. The van der Waals surface area contributed by atoms with Gasteiger partial charge in [-0.2, -0.15) is 0 Å². The molecule has 2 heteroatoms. The number of para-hydroxylation sites is 2. The van der Waals surface area contributed by atoms with Crippen LogP contribution in [0, 0.1) is 11.8 Å². The number of rotatable bonds is 2. The molecular weight excluding hydrogens is 148 g/mol. The first-order valence-corrected chi connectivity index (χ1v) is 3.82. The van der Waals surface area contributed by atoms with E-state index in [2.05, 4.69) is 17.2 Å². The van der Waals surface area contributed by atoms with Gasteiger partial charge in [0.2, 0.25) is 0 Å². The number of benzene rings is 1. The van der Waals surface area contributed by atoms with E-state index in [0.29, 0.717) is 6.54 Å². The Labute approximate surface area is 72.8 Å². The maximum Gasteiger partial charge on any atom is 0.0766 e. The topological polar surface area (TPSA) is 38.0 Å². The molecule has 0 bridgehead atoms. The highest BCUT2D eigenvalue weighted by atomic mass is 14.9. The predicted molar refractivity (Wildman–Crippen MR) is 52.8 cm³/mol. The Morgan fingerprint density at radius 3 is 2.83 bits per heavy atom. The van der Waals surface area contributed by atoms with E-state index in [4.69, 9.17) is 5.73 Å². The van der Waals surface area contributed by atoms with Crippen molar-refractivity contribution in [2.45, 2.75) is 6.92 Å². The molecule has 12 heavy (non-hydrogen) atoms. The summed E-state index contributed by atoms with van der Waals surface area (Å²) in [5, 5.41) is 3.12. The van der Waals surface area contributed by atoms with Gasteiger partial charge in [0.1, 0.15) is 0 Å². The summed E-state index contributed by atoms with van der Waals surface area (Å²) in [6.45, 7) is 2.46.